The Balaban J connectivity index is 0.000000240. The van der Waals surface area contributed by atoms with Crippen molar-refractivity contribution in [1.82, 2.24) is 0 Å². The molecule has 0 radical (unpaired) electrons. The Bertz CT molecular complexity index is 787. The van der Waals surface area contributed by atoms with Gasteiger partial charge < -0.3 is 5.11 Å². The molecule has 0 aliphatic heterocycles. The molecule has 9 heteroatoms. The predicted molar refractivity (Wildman–Crippen MR) is 74.5 cm³/mol. The van der Waals surface area contributed by atoms with Gasteiger partial charge in [-0.05, 0) is 11.5 Å². The standard InChI is InChI=1S/C10H7NO2.C2H3NO4S/c12-11(13)10-7-3-5-8-4-1-2-6-9(8)10;4-2(5)1-3-8(6)7/h1-7H;1H2,(H,4,5). The van der Waals surface area contributed by atoms with Gasteiger partial charge in [-0.25, -0.2) is 0 Å². The fraction of sp³-hybridized carbons (Fsp3) is 0.0833. The van der Waals surface area contributed by atoms with Crippen molar-refractivity contribution in [3.63, 3.8) is 0 Å². The number of carboxylic acids is 1. The lowest BCUT2D eigenvalue weighted by Gasteiger charge is -1.97. The summed E-state index contributed by atoms with van der Waals surface area (Å²) in [6, 6.07) is 12.4. The van der Waals surface area contributed by atoms with E-state index in [1.165, 1.54) is 6.07 Å². The molecule has 0 saturated carbocycles. The molecule has 0 unspecified atom stereocenters. The topological polar surface area (TPSA) is 127 Å². The van der Waals surface area contributed by atoms with Crippen LogP contribution >= 0.6 is 0 Å². The second-order valence-corrected chi connectivity index (χ2v) is 4.35. The highest BCUT2D eigenvalue weighted by Crippen LogP contribution is 2.24. The highest BCUT2D eigenvalue weighted by atomic mass is 32.2. The molecule has 0 spiro atoms. The number of carbonyl (C=O) groups is 1. The Labute approximate surface area is 120 Å². The number of nitro benzene ring substituents is 1. The van der Waals surface area contributed by atoms with Crippen molar-refractivity contribution in [1.29, 1.82) is 0 Å². The zero-order valence-electron chi connectivity index (χ0n) is 10.5. The molecule has 8 nitrogen and oxygen atoms in total. The Morgan fingerprint density at radius 2 is 1.81 bits per heavy atom. The lowest BCUT2D eigenvalue weighted by molar-refractivity contribution is -0.383. The van der Waals surface area contributed by atoms with Gasteiger partial charge in [-0.1, -0.05) is 30.3 Å². The van der Waals surface area contributed by atoms with E-state index in [2.05, 4.69) is 4.36 Å². The highest BCUT2D eigenvalue weighted by Gasteiger charge is 2.08. The van der Waals surface area contributed by atoms with Gasteiger partial charge in [0.05, 0.1) is 10.3 Å². The molecule has 0 fully saturated rings. The minimum atomic E-state index is -2.59. The Morgan fingerprint density at radius 1 is 1.19 bits per heavy atom. The SMILES string of the molecule is O=C(O)CN=S(=O)=O.O=[N+]([O-])c1cccc2ccccc12. The summed E-state index contributed by atoms with van der Waals surface area (Å²) in [7, 11) is -2.59. The van der Waals surface area contributed by atoms with Crippen LogP contribution in [0.2, 0.25) is 0 Å². The average molecular weight is 310 g/mol. The Kier molecular flexibility index (Phi) is 5.96. The Hall–Kier alpha value is -2.81. The number of non-ortho nitro benzene ring substituents is 1. The summed E-state index contributed by atoms with van der Waals surface area (Å²) in [5.74, 6) is -1.26. The van der Waals surface area contributed by atoms with E-state index in [4.69, 9.17) is 5.11 Å². The number of rotatable bonds is 3. The highest BCUT2D eigenvalue weighted by molar-refractivity contribution is 7.61. The molecule has 2 rings (SSSR count). The smallest absolute Gasteiger partial charge is 0.326 e. The number of fused-ring (bicyclic) bond motifs is 1. The quantitative estimate of drug-likeness (QED) is 0.681. The molecule has 0 bridgehead atoms. The van der Waals surface area contributed by atoms with Crippen LogP contribution in [0.15, 0.2) is 46.8 Å². The lowest BCUT2D eigenvalue weighted by atomic mass is 10.1. The monoisotopic (exact) mass is 310 g/mol. The van der Waals surface area contributed by atoms with Crippen LogP contribution in [0.4, 0.5) is 5.69 Å². The van der Waals surface area contributed by atoms with Crippen molar-refractivity contribution in [2.75, 3.05) is 6.54 Å². The summed E-state index contributed by atoms with van der Waals surface area (Å²) in [5.41, 5.74) is 0.165. The molecule has 2 aromatic carbocycles. The van der Waals surface area contributed by atoms with Crippen molar-refractivity contribution >= 4 is 32.9 Å². The molecule has 2 aromatic rings. The first kappa shape index (κ1) is 16.2. The van der Waals surface area contributed by atoms with E-state index in [0.29, 0.717) is 5.39 Å². The molecule has 110 valence electrons. The van der Waals surface area contributed by atoms with Crippen LogP contribution in [0.1, 0.15) is 0 Å². The first-order valence-corrected chi connectivity index (χ1v) is 6.56. The number of nitrogens with zero attached hydrogens (tertiary/aromatic N) is 2. The molecule has 1 N–H and O–H groups in total. The van der Waals surface area contributed by atoms with Crippen LogP contribution in [0.3, 0.4) is 0 Å². The van der Waals surface area contributed by atoms with Crippen LogP contribution in [0.5, 0.6) is 0 Å². The number of hydrogen-bond acceptors (Lipinski definition) is 6. The summed E-state index contributed by atoms with van der Waals surface area (Å²) < 4.78 is 21.6. The maximum atomic E-state index is 10.6. The second-order valence-electron chi connectivity index (χ2n) is 3.65. The third-order valence-electron chi connectivity index (χ3n) is 2.27. The molecule has 0 atom stereocenters. The molecular formula is C12H10N2O6S. The number of benzene rings is 2. The minimum absolute atomic E-state index is 0.165. The van der Waals surface area contributed by atoms with Gasteiger partial charge in [0.1, 0.15) is 0 Å². The first-order valence-electron chi connectivity index (χ1n) is 5.52. The molecular weight excluding hydrogens is 300 g/mol. The van der Waals surface area contributed by atoms with Crippen LogP contribution in [0, 0.1) is 10.1 Å². The average Bonchev–Trinajstić information content (AvgIpc) is 2.45. The molecule has 21 heavy (non-hydrogen) atoms. The van der Waals surface area contributed by atoms with E-state index < -0.39 is 23.0 Å². The maximum absolute atomic E-state index is 10.6. The molecule has 0 aliphatic carbocycles. The summed E-state index contributed by atoms with van der Waals surface area (Å²) in [5, 5.41) is 20.0. The van der Waals surface area contributed by atoms with E-state index in [1.807, 2.05) is 18.2 Å². The van der Waals surface area contributed by atoms with Gasteiger partial charge in [-0.3, -0.25) is 14.9 Å². The van der Waals surface area contributed by atoms with Gasteiger partial charge in [-0.2, -0.15) is 12.8 Å². The fourth-order valence-electron chi connectivity index (χ4n) is 1.48. The molecule has 0 heterocycles. The lowest BCUT2D eigenvalue weighted by Crippen LogP contribution is -1.97. The van der Waals surface area contributed by atoms with Gasteiger partial charge in [0, 0.05) is 6.07 Å². The van der Waals surface area contributed by atoms with E-state index in [-0.39, 0.29) is 10.6 Å². The van der Waals surface area contributed by atoms with E-state index in [1.54, 1.807) is 18.2 Å². The largest absolute Gasteiger partial charge is 0.480 e. The number of carboxylic acid groups (broad SMARTS) is 1. The van der Waals surface area contributed by atoms with Gasteiger partial charge in [0.25, 0.3) is 5.69 Å². The Morgan fingerprint density at radius 3 is 2.33 bits per heavy atom. The molecule has 0 saturated heterocycles. The summed E-state index contributed by atoms with van der Waals surface area (Å²) >= 11 is 0. The van der Waals surface area contributed by atoms with E-state index in [0.717, 1.165) is 5.39 Å². The van der Waals surface area contributed by atoms with Crippen LogP contribution < -0.4 is 0 Å². The van der Waals surface area contributed by atoms with Crippen LogP contribution in [-0.4, -0.2) is 31.0 Å². The van der Waals surface area contributed by atoms with Crippen molar-refractivity contribution < 1.29 is 23.2 Å². The first-order chi connectivity index (χ1) is 9.91. The van der Waals surface area contributed by atoms with Crippen molar-refractivity contribution in [3.05, 3.63) is 52.6 Å². The van der Waals surface area contributed by atoms with Crippen molar-refractivity contribution in [2.24, 2.45) is 4.36 Å². The summed E-state index contributed by atoms with van der Waals surface area (Å²) in [6.07, 6.45) is 0. The van der Waals surface area contributed by atoms with Crippen molar-refractivity contribution in [3.8, 4) is 0 Å². The minimum Gasteiger partial charge on any atom is -0.480 e. The number of hydrogen-bond donors (Lipinski definition) is 1. The van der Waals surface area contributed by atoms with Gasteiger partial charge in [0.15, 0.2) is 6.54 Å². The van der Waals surface area contributed by atoms with E-state index in [9.17, 15) is 23.3 Å². The normalized spacial score (nSPS) is 9.33. The number of aliphatic carboxylic acids is 1. The van der Waals surface area contributed by atoms with Crippen LogP contribution in [0.25, 0.3) is 10.8 Å². The van der Waals surface area contributed by atoms with Gasteiger partial charge in [-0.15, -0.1) is 0 Å². The third kappa shape index (κ3) is 5.37. The van der Waals surface area contributed by atoms with Gasteiger partial charge >= 0.3 is 16.5 Å². The van der Waals surface area contributed by atoms with E-state index >= 15 is 0 Å². The number of nitro groups is 1. The maximum Gasteiger partial charge on any atom is 0.326 e. The zero-order chi connectivity index (χ0) is 15.8. The van der Waals surface area contributed by atoms with Crippen LogP contribution in [-0.2, 0) is 15.3 Å². The third-order valence-corrected chi connectivity index (χ3v) is 2.61. The fourth-order valence-corrected chi connectivity index (χ4v) is 1.69. The zero-order valence-corrected chi connectivity index (χ0v) is 11.4. The summed E-state index contributed by atoms with van der Waals surface area (Å²) in [6.45, 7) is -0.684. The summed E-state index contributed by atoms with van der Waals surface area (Å²) in [4.78, 5) is 19.8. The molecule has 0 aliphatic rings. The van der Waals surface area contributed by atoms with Crippen molar-refractivity contribution in [2.45, 2.75) is 0 Å². The molecule has 0 amide bonds. The molecule has 0 aromatic heterocycles. The second kappa shape index (κ2) is 7.70. The van der Waals surface area contributed by atoms with Gasteiger partial charge in [0.2, 0.25) is 0 Å². The predicted octanol–water partition coefficient (Wildman–Crippen LogP) is 1.88.